The van der Waals surface area contributed by atoms with Crippen LogP contribution < -0.4 is 0 Å². The molecule has 0 saturated carbocycles. The third-order valence-corrected chi connectivity index (χ3v) is 3.68. The highest BCUT2D eigenvalue weighted by Gasteiger charge is 2.38. The highest BCUT2D eigenvalue weighted by Crippen LogP contribution is 2.42. The highest BCUT2D eigenvalue weighted by atomic mass is 31.1. The summed E-state index contributed by atoms with van der Waals surface area (Å²) in [4.78, 5) is 9.16. The molecule has 0 aromatic rings. The fourth-order valence-electron chi connectivity index (χ4n) is 2.39. The first-order chi connectivity index (χ1) is 8.56. The summed E-state index contributed by atoms with van der Waals surface area (Å²) >= 11 is 0. The molecule has 1 N–H and O–H groups in total. The molecule has 0 radical (unpaired) electrons. The van der Waals surface area contributed by atoms with Gasteiger partial charge in [0.05, 0.1) is 5.60 Å². The van der Waals surface area contributed by atoms with Crippen molar-refractivity contribution in [3.63, 3.8) is 0 Å². The topological polar surface area (TPSA) is 46.5 Å². The Labute approximate surface area is 111 Å². The summed E-state index contributed by atoms with van der Waals surface area (Å²) in [7, 11) is -2.99. The van der Waals surface area contributed by atoms with Crippen LogP contribution >= 0.6 is 8.25 Å². The lowest BCUT2D eigenvalue weighted by Crippen LogP contribution is -2.38. The molecule has 0 aliphatic heterocycles. The molecular weight excluding hydrogens is 247 g/mol. The van der Waals surface area contributed by atoms with Crippen molar-refractivity contribution >= 4 is 8.25 Å². The van der Waals surface area contributed by atoms with Gasteiger partial charge >= 0.3 is 8.25 Å². The molecule has 4 heteroatoms. The maximum atomic E-state index is 11.1. The normalized spacial score (nSPS) is 14.8. The SMILES string of the molecule is C=CCC(CCC)C(CC=C)(CC=C)O[PH](=O)O. The van der Waals surface area contributed by atoms with E-state index < -0.39 is 13.9 Å². The largest absolute Gasteiger partial charge is 0.326 e. The van der Waals surface area contributed by atoms with Crippen molar-refractivity contribution in [2.75, 3.05) is 0 Å². The van der Waals surface area contributed by atoms with Gasteiger partial charge in [-0.15, -0.1) is 19.7 Å². The number of rotatable bonds is 11. The van der Waals surface area contributed by atoms with E-state index in [-0.39, 0.29) is 5.92 Å². The van der Waals surface area contributed by atoms with Crippen molar-refractivity contribution in [3.8, 4) is 0 Å². The minimum atomic E-state index is -2.99. The van der Waals surface area contributed by atoms with Crippen LogP contribution in [0.4, 0.5) is 0 Å². The summed E-state index contributed by atoms with van der Waals surface area (Å²) in [5.41, 5.74) is -0.682. The van der Waals surface area contributed by atoms with Gasteiger partial charge in [0.15, 0.2) is 0 Å². The van der Waals surface area contributed by atoms with Gasteiger partial charge < -0.3 is 9.42 Å². The van der Waals surface area contributed by atoms with E-state index in [4.69, 9.17) is 9.42 Å². The van der Waals surface area contributed by atoms with Gasteiger partial charge in [-0.3, -0.25) is 4.57 Å². The third-order valence-electron chi connectivity index (χ3n) is 3.10. The Bertz CT molecular complexity index is 289. The quantitative estimate of drug-likeness (QED) is 0.451. The number of hydrogen-bond donors (Lipinski definition) is 1. The molecule has 18 heavy (non-hydrogen) atoms. The Morgan fingerprint density at radius 1 is 1.28 bits per heavy atom. The minimum Gasteiger partial charge on any atom is -0.326 e. The van der Waals surface area contributed by atoms with Crippen LogP contribution in [0.5, 0.6) is 0 Å². The van der Waals surface area contributed by atoms with E-state index >= 15 is 0 Å². The Kier molecular flexibility index (Phi) is 8.99. The molecule has 0 spiro atoms. The van der Waals surface area contributed by atoms with Crippen molar-refractivity contribution in [2.24, 2.45) is 5.92 Å². The molecule has 3 nitrogen and oxygen atoms in total. The van der Waals surface area contributed by atoms with Gasteiger partial charge in [-0.2, -0.15) is 0 Å². The molecule has 0 amide bonds. The van der Waals surface area contributed by atoms with Crippen LogP contribution in [0.1, 0.15) is 39.0 Å². The van der Waals surface area contributed by atoms with Crippen LogP contribution in [-0.4, -0.2) is 10.5 Å². The zero-order valence-electron chi connectivity index (χ0n) is 11.2. The Morgan fingerprint density at radius 2 is 1.83 bits per heavy atom. The number of hydrogen-bond acceptors (Lipinski definition) is 2. The molecular formula is C14H25O3P. The van der Waals surface area contributed by atoms with E-state index in [1.807, 2.05) is 6.08 Å². The monoisotopic (exact) mass is 272 g/mol. The average molecular weight is 272 g/mol. The second-order valence-electron chi connectivity index (χ2n) is 4.43. The van der Waals surface area contributed by atoms with Gasteiger partial charge in [-0.1, -0.05) is 31.6 Å². The summed E-state index contributed by atoms with van der Waals surface area (Å²) in [5.74, 6) is 0.150. The van der Waals surface area contributed by atoms with E-state index in [0.717, 1.165) is 19.3 Å². The van der Waals surface area contributed by atoms with Crippen LogP contribution in [0.15, 0.2) is 38.0 Å². The lowest BCUT2D eigenvalue weighted by molar-refractivity contribution is 0.00727. The van der Waals surface area contributed by atoms with Crippen LogP contribution in [-0.2, 0) is 9.09 Å². The molecule has 0 aromatic heterocycles. The van der Waals surface area contributed by atoms with Crippen molar-refractivity contribution in [2.45, 2.75) is 44.6 Å². The van der Waals surface area contributed by atoms with Gasteiger partial charge in [0.1, 0.15) is 0 Å². The summed E-state index contributed by atoms with van der Waals surface area (Å²) in [5, 5.41) is 0. The van der Waals surface area contributed by atoms with Gasteiger partial charge in [0.25, 0.3) is 0 Å². The van der Waals surface area contributed by atoms with E-state index in [0.29, 0.717) is 12.8 Å². The smallest absolute Gasteiger partial charge is 0.317 e. The van der Waals surface area contributed by atoms with E-state index in [2.05, 4.69) is 26.7 Å². The molecule has 104 valence electrons. The molecule has 0 fully saturated rings. The summed E-state index contributed by atoms with van der Waals surface area (Å²) in [6.45, 7) is 13.3. The molecule has 0 saturated heterocycles. The molecule has 0 bridgehead atoms. The van der Waals surface area contributed by atoms with Crippen LogP contribution in [0.25, 0.3) is 0 Å². The van der Waals surface area contributed by atoms with E-state index in [1.54, 1.807) is 12.2 Å². The second-order valence-corrected chi connectivity index (χ2v) is 5.16. The fraction of sp³-hybridized carbons (Fsp3) is 0.571. The molecule has 0 heterocycles. The fourth-order valence-corrected chi connectivity index (χ4v) is 3.07. The van der Waals surface area contributed by atoms with Crippen LogP contribution in [0.3, 0.4) is 0 Å². The molecule has 0 aliphatic carbocycles. The van der Waals surface area contributed by atoms with Crippen molar-refractivity contribution < 1.29 is 14.0 Å². The molecule has 0 aliphatic rings. The predicted octanol–water partition coefficient (Wildman–Crippen LogP) is 4.27. The van der Waals surface area contributed by atoms with Gasteiger partial charge in [-0.25, -0.2) is 0 Å². The first kappa shape index (κ1) is 17.4. The molecule has 2 unspecified atom stereocenters. The first-order valence-corrected chi connectivity index (χ1v) is 7.57. The Hall–Kier alpha value is -0.630. The molecule has 0 aromatic carbocycles. The van der Waals surface area contributed by atoms with Crippen molar-refractivity contribution in [1.82, 2.24) is 0 Å². The highest BCUT2D eigenvalue weighted by molar-refractivity contribution is 7.32. The summed E-state index contributed by atoms with van der Waals surface area (Å²) in [6.07, 6.45) is 9.04. The van der Waals surface area contributed by atoms with Crippen LogP contribution in [0, 0.1) is 5.92 Å². The van der Waals surface area contributed by atoms with Crippen LogP contribution in [0.2, 0.25) is 0 Å². The van der Waals surface area contributed by atoms with Crippen molar-refractivity contribution in [1.29, 1.82) is 0 Å². The average Bonchev–Trinajstić information content (AvgIpc) is 2.28. The Balaban J connectivity index is 5.28. The van der Waals surface area contributed by atoms with E-state index in [9.17, 15) is 4.57 Å². The lowest BCUT2D eigenvalue weighted by atomic mass is 9.77. The maximum absolute atomic E-state index is 11.1. The lowest BCUT2D eigenvalue weighted by Gasteiger charge is -2.38. The molecule has 2 atom stereocenters. The number of allylic oxidation sites excluding steroid dienone is 1. The third kappa shape index (κ3) is 5.34. The first-order valence-electron chi connectivity index (χ1n) is 6.30. The zero-order chi connectivity index (χ0) is 14.0. The predicted molar refractivity (Wildman–Crippen MR) is 77.9 cm³/mol. The van der Waals surface area contributed by atoms with E-state index in [1.165, 1.54) is 0 Å². The Morgan fingerprint density at radius 3 is 2.17 bits per heavy atom. The molecule has 0 rings (SSSR count). The maximum Gasteiger partial charge on any atom is 0.317 e. The standard InChI is InChI=1S/C14H25O3P/c1-5-9-13(10-6-2)14(11-7-3,12-8-4)17-18(15)16/h5,7-8,13,18H,1,3-4,6,9-12H2,2H3,(H,15,16). The summed E-state index contributed by atoms with van der Waals surface area (Å²) in [6, 6.07) is 0. The van der Waals surface area contributed by atoms with Gasteiger partial charge in [-0.05, 0) is 31.6 Å². The summed E-state index contributed by atoms with van der Waals surface area (Å²) < 4.78 is 16.5. The van der Waals surface area contributed by atoms with Crippen molar-refractivity contribution in [3.05, 3.63) is 38.0 Å². The van der Waals surface area contributed by atoms with Gasteiger partial charge in [0.2, 0.25) is 0 Å². The second kappa shape index (κ2) is 9.32. The minimum absolute atomic E-state index is 0.150. The zero-order valence-corrected chi connectivity index (χ0v) is 12.2. The van der Waals surface area contributed by atoms with Gasteiger partial charge in [0, 0.05) is 0 Å².